The van der Waals surface area contributed by atoms with Crippen molar-refractivity contribution in [3.05, 3.63) is 46.2 Å². The standard InChI is InChI=1S/C18H25BrN8S/c1-4-27-14(3)15(8-22-27)10-26-11-16(9-21-26)23-18(28)20-6-5-7-25-12-17(19)13(2)24-25/h8-9,11-12H,4-7,10H2,1-3H3,(H2,20,23,28). The van der Waals surface area contributed by atoms with Gasteiger partial charge >= 0.3 is 0 Å². The molecule has 0 aromatic carbocycles. The Morgan fingerprint density at radius 3 is 2.68 bits per heavy atom. The Morgan fingerprint density at radius 2 is 2.00 bits per heavy atom. The van der Waals surface area contributed by atoms with Crippen LogP contribution in [0.5, 0.6) is 0 Å². The van der Waals surface area contributed by atoms with Crippen LogP contribution in [-0.4, -0.2) is 41.0 Å². The van der Waals surface area contributed by atoms with Crippen molar-refractivity contribution >= 4 is 38.9 Å². The number of hydrogen-bond acceptors (Lipinski definition) is 4. The Hall–Kier alpha value is -2.20. The van der Waals surface area contributed by atoms with Crippen molar-refractivity contribution in [1.29, 1.82) is 0 Å². The molecule has 3 aromatic rings. The van der Waals surface area contributed by atoms with E-state index < -0.39 is 0 Å². The number of rotatable bonds is 8. The Labute approximate surface area is 178 Å². The van der Waals surface area contributed by atoms with Crippen LogP contribution in [0.25, 0.3) is 0 Å². The van der Waals surface area contributed by atoms with Gasteiger partial charge in [0.1, 0.15) is 0 Å². The van der Waals surface area contributed by atoms with Crippen LogP contribution in [-0.2, 0) is 19.6 Å². The molecule has 0 aliphatic carbocycles. The molecule has 3 aromatic heterocycles. The fourth-order valence-corrected chi connectivity index (χ4v) is 3.41. The van der Waals surface area contributed by atoms with E-state index >= 15 is 0 Å². The number of aromatic nitrogens is 6. The lowest BCUT2D eigenvalue weighted by Crippen LogP contribution is -2.29. The third-order valence-corrected chi connectivity index (χ3v) is 5.49. The van der Waals surface area contributed by atoms with Crippen molar-refractivity contribution in [2.45, 2.75) is 46.8 Å². The number of hydrogen-bond donors (Lipinski definition) is 2. The summed E-state index contributed by atoms with van der Waals surface area (Å²) in [6.45, 7) is 9.31. The maximum absolute atomic E-state index is 5.37. The van der Waals surface area contributed by atoms with E-state index in [9.17, 15) is 0 Å². The fourth-order valence-electron chi connectivity index (χ4n) is 2.87. The molecule has 0 spiro atoms. The van der Waals surface area contributed by atoms with E-state index in [-0.39, 0.29) is 0 Å². The number of nitrogens with one attached hydrogen (secondary N) is 2. The SMILES string of the molecule is CCn1ncc(Cn2cc(NC(=S)NCCCn3cc(Br)c(C)n3)cn2)c1C. The summed E-state index contributed by atoms with van der Waals surface area (Å²) >= 11 is 8.84. The average Bonchev–Trinajstić information content (AvgIpc) is 3.33. The maximum atomic E-state index is 5.37. The van der Waals surface area contributed by atoms with Crippen LogP contribution in [0.2, 0.25) is 0 Å². The number of halogens is 1. The molecule has 0 aliphatic rings. The van der Waals surface area contributed by atoms with Gasteiger partial charge in [-0.2, -0.15) is 15.3 Å². The average molecular weight is 465 g/mol. The highest BCUT2D eigenvalue weighted by Crippen LogP contribution is 2.13. The molecule has 150 valence electrons. The first-order chi connectivity index (χ1) is 13.5. The minimum absolute atomic E-state index is 0.590. The van der Waals surface area contributed by atoms with Gasteiger partial charge in [0.2, 0.25) is 0 Å². The predicted octanol–water partition coefficient (Wildman–Crippen LogP) is 3.10. The van der Waals surface area contributed by atoms with Gasteiger partial charge < -0.3 is 10.6 Å². The Morgan fingerprint density at radius 1 is 1.18 bits per heavy atom. The van der Waals surface area contributed by atoms with Crippen LogP contribution < -0.4 is 10.6 Å². The molecule has 28 heavy (non-hydrogen) atoms. The largest absolute Gasteiger partial charge is 0.362 e. The predicted molar refractivity (Wildman–Crippen MR) is 117 cm³/mol. The first-order valence-electron chi connectivity index (χ1n) is 9.24. The molecular weight excluding hydrogens is 440 g/mol. The molecule has 0 saturated heterocycles. The van der Waals surface area contributed by atoms with Gasteiger partial charge in [-0.3, -0.25) is 14.0 Å². The lowest BCUT2D eigenvalue weighted by molar-refractivity contribution is 0.570. The van der Waals surface area contributed by atoms with E-state index in [4.69, 9.17) is 12.2 Å². The van der Waals surface area contributed by atoms with Crippen LogP contribution >= 0.6 is 28.1 Å². The van der Waals surface area contributed by atoms with Crippen LogP contribution in [0.15, 0.2) is 29.3 Å². The summed E-state index contributed by atoms with van der Waals surface area (Å²) in [7, 11) is 0. The van der Waals surface area contributed by atoms with Crippen LogP contribution in [0, 0.1) is 13.8 Å². The first kappa shape index (κ1) is 20.5. The van der Waals surface area contributed by atoms with Crippen molar-refractivity contribution in [2.24, 2.45) is 0 Å². The van der Waals surface area contributed by atoms with Gasteiger partial charge in [-0.05, 0) is 55.3 Å². The lowest BCUT2D eigenvalue weighted by Gasteiger charge is -2.09. The molecule has 8 nitrogen and oxygen atoms in total. The summed E-state index contributed by atoms with van der Waals surface area (Å²) in [6, 6.07) is 0. The summed E-state index contributed by atoms with van der Waals surface area (Å²) < 4.78 is 6.84. The molecule has 0 fully saturated rings. The molecule has 0 atom stereocenters. The summed E-state index contributed by atoms with van der Waals surface area (Å²) in [5.74, 6) is 0. The van der Waals surface area contributed by atoms with Gasteiger partial charge in [-0.1, -0.05) is 0 Å². The highest BCUT2D eigenvalue weighted by atomic mass is 79.9. The minimum Gasteiger partial charge on any atom is -0.362 e. The number of nitrogens with zero attached hydrogens (tertiary/aromatic N) is 6. The van der Waals surface area contributed by atoms with Crippen molar-refractivity contribution in [2.75, 3.05) is 11.9 Å². The van der Waals surface area contributed by atoms with Gasteiger partial charge in [0.05, 0.1) is 34.8 Å². The molecule has 0 aliphatic heterocycles. The zero-order chi connectivity index (χ0) is 20.1. The third-order valence-electron chi connectivity index (χ3n) is 4.46. The van der Waals surface area contributed by atoms with Crippen molar-refractivity contribution < 1.29 is 0 Å². The van der Waals surface area contributed by atoms with E-state index in [1.54, 1.807) is 6.20 Å². The van der Waals surface area contributed by atoms with Crippen LogP contribution in [0.3, 0.4) is 0 Å². The molecular formula is C18H25BrN8S. The van der Waals surface area contributed by atoms with E-state index in [0.717, 1.165) is 47.5 Å². The van der Waals surface area contributed by atoms with Crippen LogP contribution in [0.1, 0.15) is 30.3 Å². The van der Waals surface area contributed by atoms with Gasteiger partial charge in [-0.25, -0.2) is 0 Å². The number of anilines is 1. The fraction of sp³-hybridized carbons (Fsp3) is 0.444. The molecule has 2 N–H and O–H groups in total. The second kappa shape index (κ2) is 9.33. The van der Waals surface area contributed by atoms with E-state index in [1.807, 2.05) is 39.6 Å². The molecule has 3 heterocycles. The summed E-state index contributed by atoms with van der Waals surface area (Å²) in [5.41, 5.74) is 4.20. The molecule has 0 radical (unpaired) electrons. The van der Waals surface area contributed by atoms with Gasteiger partial charge in [0.25, 0.3) is 0 Å². The smallest absolute Gasteiger partial charge is 0.170 e. The van der Waals surface area contributed by atoms with E-state index in [1.165, 1.54) is 5.69 Å². The zero-order valence-corrected chi connectivity index (χ0v) is 18.7. The molecule has 0 saturated carbocycles. The second-order valence-corrected chi connectivity index (χ2v) is 7.82. The number of aryl methyl sites for hydroxylation is 3. The highest BCUT2D eigenvalue weighted by molar-refractivity contribution is 9.10. The van der Waals surface area contributed by atoms with Gasteiger partial charge in [0, 0.05) is 43.3 Å². The number of thiocarbonyl (C=S) groups is 1. The molecule has 3 rings (SSSR count). The quantitative estimate of drug-likeness (QED) is 0.393. The van der Waals surface area contributed by atoms with Gasteiger partial charge in [0.15, 0.2) is 5.11 Å². The van der Waals surface area contributed by atoms with E-state index in [0.29, 0.717) is 11.7 Å². The Balaban J connectivity index is 1.42. The van der Waals surface area contributed by atoms with Crippen molar-refractivity contribution in [3.63, 3.8) is 0 Å². The van der Waals surface area contributed by atoms with E-state index in [2.05, 4.69) is 55.7 Å². The molecule has 0 unspecified atom stereocenters. The third kappa shape index (κ3) is 5.20. The highest BCUT2D eigenvalue weighted by Gasteiger charge is 2.08. The molecule has 0 bridgehead atoms. The van der Waals surface area contributed by atoms with Crippen LogP contribution in [0.4, 0.5) is 5.69 Å². The van der Waals surface area contributed by atoms with Crippen molar-refractivity contribution in [3.8, 4) is 0 Å². The van der Waals surface area contributed by atoms with Crippen molar-refractivity contribution in [1.82, 2.24) is 34.7 Å². The molecule has 10 heteroatoms. The van der Waals surface area contributed by atoms with Gasteiger partial charge in [-0.15, -0.1) is 0 Å². The lowest BCUT2D eigenvalue weighted by atomic mass is 10.2. The summed E-state index contributed by atoms with van der Waals surface area (Å²) in [5, 5.41) is 20.2. The zero-order valence-electron chi connectivity index (χ0n) is 16.3. The Bertz CT molecular complexity index is 922. The monoisotopic (exact) mass is 464 g/mol. The topological polar surface area (TPSA) is 77.5 Å². The second-order valence-electron chi connectivity index (χ2n) is 6.56. The Kier molecular flexibility index (Phi) is 6.84. The first-order valence-corrected chi connectivity index (χ1v) is 10.4. The molecule has 0 amide bonds. The summed E-state index contributed by atoms with van der Waals surface area (Å²) in [6.07, 6.45) is 8.54. The maximum Gasteiger partial charge on any atom is 0.170 e. The summed E-state index contributed by atoms with van der Waals surface area (Å²) in [4.78, 5) is 0. The normalized spacial score (nSPS) is 11.0. The minimum atomic E-state index is 0.590.